The van der Waals surface area contributed by atoms with Crippen LogP contribution in [0.2, 0.25) is 0 Å². The van der Waals surface area contributed by atoms with Crippen LogP contribution in [0.5, 0.6) is 0 Å². The number of amides is 1. The van der Waals surface area contributed by atoms with Gasteiger partial charge in [-0.2, -0.15) is 0 Å². The molecule has 0 heterocycles. The molecule has 1 aromatic rings. The van der Waals surface area contributed by atoms with Crippen molar-refractivity contribution in [2.45, 2.75) is 39.7 Å². The van der Waals surface area contributed by atoms with Crippen molar-refractivity contribution in [1.29, 1.82) is 0 Å². The van der Waals surface area contributed by atoms with Crippen molar-refractivity contribution in [3.05, 3.63) is 24.3 Å². The van der Waals surface area contributed by atoms with Gasteiger partial charge in [-0.1, -0.05) is 20.8 Å². The molecule has 0 aliphatic heterocycles. The Morgan fingerprint density at radius 1 is 1.24 bits per heavy atom. The van der Waals surface area contributed by atoms with Crippen molar-refractivity contribution in [3.8, 4) is 0 Å². The number of nitrogens with one attached hydrogen (secondary N) is 2. The Balaban J connectivity index is 1.92. The Bertz CT molecular complexity index is 482. The van der Waals surface area contributed by atoms with Gasteiger partial charge in [0.1, 0.15) is 6.61 Å². The van der Waals surface area contributed by atoms with Gasteiger partial charge in [0.05, 0.1) is 0 Å². The molecule has 2 rings (SSSR count). The van der Waals surface area contributed by atoms with Gasteiger partial charge in [0.2, 0.25) is 5.91 Å². The average Bonchev–Trinajstić information content (AvgIpc) is 2.65. The average molecular weight is 290 g/mol. The minimum atomic E-state index is -0.135. The summed E-state index contributed by atoms with van der Waals surface area (Å²) in [6, 6.07) is 8.39. The summed E-state index contributed by atoms with van der Waals surface area (Å²) >= 11 is 0. The number of anilines is 2. The number of hydrogen-bond acceptors (Lipinski definition) is 3. The number of carbonyl (C=O) groups is 1. The summed E-state index contributed by atoms with van der Waals surface area (Å²) in [6.07, 6.45) is 2.45. The molecule has 1 aliphatic carbocycles. The van der Waals surface area contributed by atoms with Crippen molar-refractivity contribution < 1.29 is 9.53 Å². The maximum absolute atomic E-state index is 11.4. The number of carbonyl (C=O) groups excluding carboxylic acids is 1. The van der Waals surface area contributed by atoms with Gasteiger partial charge in [-0.3, -0.25) is 4.79 Å². The number of ether oxygens (including phenoxy) is 1. The summed E-state index contributed by atoms with van der Waals surface area (Å²) in [5.41, 5.74) is 2.32. The van der Waals surface area contributed by atoms with Gasteiger partial charge < -0.3 is 15.4 Å². The lowest BCUT2D eigenvalue weighted by molar-refractivity contribution is -0.119. The summed E-state index contributed by atoms with van der Waals surface area (Å²) in [7, 11) is 1.51. The lowest BCUT2D eigenvalue weighted by Crippen LogP contribution is -2.22. The molecule has 0 spiro atoms. The van der Waals surface area contributed by atoms with Crippen molar-refractivity contribution in [1.82, 2.24) is 0 Å². The highest BCUT2D eigenvalue weighted by Gasteiger charge is 2.36. The molecule has 4 nitrogen and oxygen atoms in total. The van der Waals surface area contributed by atoms with Gasteiger partial charge in [-0.05, 0) is 48.4 Å². The fourth-order valence-electron chi connectivity index (χ4n) is 3.28. The van der Waals surface area contributed by atoms with Gasteiger partial charge in [0.25, 0.3) is 0 Å². The Hall–Kier alpha value is -1.55. The van der Waals surface area contributed by atoms with Crippen LogP contribution in [-0.2, 0) is 9.53 Å². The van der Waals surface area contributed by atoms with E-state index < -0.39 is 0 Å². The predicted molar refractivity (Wildman–Crippen MR) is 86.5 cm³/mol. The first-order valence-electron chi connectivity index (χ1n) is 7.55. The SMILES string of the molecule is COCC(=O)Nc1ccc(NC2CC(C)(C)CC2C)cc1. The second kappa shape index (κ2) is 6.48. The molecule has 1 aromatic carbocycles. The monoisotopic (exact) mass is 290 g/mol. The van der Waals surface area contributed by atoms with Crippen LogP contribution in [0.15, 0.2) is 24.3 Å². The smallest absolute Gasteiger partial charge is 0.250 e. The first-order valence-corrected chi connectivity index (χ1v) is 7.55. The molecule has 2 unspecified atom stereocenters. The molecule has 116 valence electrons. The minimum Gasteiger partial charge on any atom is -0.382 e. The second-order valence-corrected chi connectivity index (χ2v) is 6.86. The van der Waals surface area contributed by atoms with E-state index in [2.05, 4.69) is 31.4 Å². The highest BCUT2D eigenvalue weighted by molar-refractivity contribution is 5.91. The van der Waals surface area contributed by atoms with Crippen LogP contribution in [0.25, 0.3) is 0 Å². The van der Waals surface area contributed by atoms with Crippen molar-refractivity contribution in [2.24, 2.45) is 11.3 Å². The molecule has 0 bridgehead atoms. The summed E-state index contributed by atoms with van der Waals surface area (Å²) in [4.78, 5) is 11.4. The minimum absolute atomic E-state index is 0.0780. The fraction of sp³-hybridized carbons (Fsp3) is 0.588. The molecule has 0 saturated heterocycles. The van der Waals surface area contributed by atoms with Crippen LogP contribution < -0.4 is 10.6 Å². The van der Waals surface area contributed by atoms with Gasteiger partial charge in [-0.25, -0.2) is 0 Å². The molecule has 2 N–H and O–H groups in total. The zero-order valence-electron chi connectivity index (χ0n) is 13.4. The summed E-state index contributed by atoms with van der Waals surface area (Å²) in [5, 5.41) is 6.41. The van der Waals surface area contributed by atoms with Crippen LogP contribution in [0.4, 0.5) is 11.4 Å². The van der Waals surface area contributed by atoms with Crippen LogP contribution in [0.3, 0.4) is 0 Å². The molecule has 2 atom stereocenters. The molecule has 1 amide bonds. The van der Waals surface area contributed by atoms with Crippen molar-refractivity contribution >= 4 is 17.3 Å². The number of hydrogen-bond donors (Lipinski definition) is 2. The zero-order valence-corrected chi connectivity index (χ0v) is 13.4. The standard InChI is InChI=1S/C17H26N2O2/c1-12-9-17(2,3)10-15(12)18-13-5-7-14(8-6-13)19-16(20)11-21-4/h5-8,12,15,18H,9-11H2,1-4H3,(H,19,20). The van der Waals surface area contributed by atoms with E-state index in [0.29, 0.717) is 17.4 Å². The maximum Gasteiger partial charge on any atom is 0.250 e. The third-order valence-corrected chi connectivity index (χ3v) is 4.13. The Morgan fingerprint density at radius 3 is 2.38 bits per heavy atom. The van der Waals surface area contributed by atoms with E-state index in [1.54, 1.807) is 0 Å². The van der Waals surface area contributed by atoms with E-state index >= 15 is 0 Å². The van der Waals surface area contributed by atoms with E-state index in [0.717, 1.165) is 11.4 Å². The topological polar surface area (TPSA) is 50.4 Å². The highest BCUT2D eigenvalue weighted by atomic mass is 16.5. The van der Waals surface area contributed by atoms with Crippen LogP contribution in [-0.4, -0.2) is 25.7 Å². The van der Waals surface area contributed by atoms with Crippen LogP contribution in [0, 0.1) is 11.3 Å². The molecule has 1 fully saturated rings. The van der Waals surface area contributed by atoms with Gasteiger partial charge >= 0.3 is 0 Å². The molecule has 4 heteroatoms. The largest absolute Gasteiger partial charge is 0.382 e. The molecule has 0 aromatic heterocycles. The molecular formula is C17H26N2O2. The molecule has 21 heavy (non-hydrogen) atoms. The molecular weight excluding hydrogens is 264 g/mol. The number of rotatable bonds is 5. The van der Waals surface area contributed by atoms with E-state index in [1.165, 1.54) is 20.0 Å². The van der Waals surface area contributed by atoms with Crippen LogP contribution in [0.1, 0.15) is 33.6 Å². The number of benzene rings is 1. The van der Waals surface area contributed by atoms with E-state index in [4.69, 9.17) is 4.74 Å². The predicted octanol–water partition coefficient (Wildman–Crippen LogP) is 3.51. The van der Waals surface area contributed by atoms with E-state index in [-0.39, 0.29) is 12.5 Å². The summed E-state index contributed by atoms with van der Waals surface area (Å²) < 4.78 is 4.80. The van der Waals surface area contributed by atoms with Crippen molar-refractivity contribution in [3.63, 3.8) is 0 Å². The third kappa shape index (κ3) is 4.46. The van der Waals surface area contributed by atoms with E-state index in [9.17, 15) is 4.79 Å². The first kappa shape index (κ1) is 15.8. The lowest BCUT2D eigenvalue weighted by Gasteiger charge is -2.20. The Morgan fingerprint density at radius 2 is 1.86 bits per heavy atom. The van der Waals surface area contributed by atoms with Gasteiger partial charge in [-0.15, -0.1) is 0 Å². The Labute approximate surface area is 127 Å². The first-order chi connectivity index (χ1) is 9.89. The maximum atomic E-state index is 11.4. The van der Waals surface area contributed by atoms with Gasteiger partial charge in [0.15, 0.2) is 0 Å². The lowest BCUT2D eigenvalue weighted by atomic mass is 9.91. The molecule has 1 aliphatic rings. The fourth-order valence-corrected chi connectivity index (χ4v) is 3.28. The molecule has 0 radical (unpaired) electrons. The van der Waals surface area contributed by atoms with E-state index in [1.807, 2.05) is 24.3 Å². The molecule has 1 saturated carbocycles. The zero-order chi connectivity index (χ0) is 15.5. The van der Waals surface area contributed by atoms with Gasteiger partial charge in [0, 0.05) is 24.5 Å². The normalized spacial score (nSPS) is 23.8. The Kier molecular flexibility index (Phi) is 4.88. The summed E-state index contributed by atoms with van der Waals surface area (Å²) in [6.45, 7) is 7.06. The second-order valence-electron chi connectivity index (χ2n) is 6.86. The van der Waals surface area contributed by atoms with Crippen molar-refractivity contribution in [2.75, 3.05) is 24.4 Å². The quantitative estimate of drug-likeness (QED) is 0.872. The number of methoxy groups -OCH3 is 1. The van der Waals surface area contributed by atoms with Crippen LogP contribution >= 0.6 is 0 Å². The highest BCUT2D eigenvalue weighted by Crippen LogP contribution is 2.42. The summed E-state index contributed by atoms with van der Waals surface area (Å²) in [5.74, 6) is 0.547. The third-order valence-electron chi connectivity index (χ3n) is 4.13.